The van der Waals surface area contributed by atoms with Gasteiger partial charge in [0, 0.05) is 61.9 Å². The van der Waals surface area contributed by atoms with Crippen LogP contribution in [0.25, 0.3) is 17.0 Å². The van der Waals surface area contributed by atoms with Gasteiger partial charge in [0.1, 0.15) is 11.5 Å². The van der Waals surface area contributed by atoms with Crippen molar-refractivity contribution in [3.63, 3.8) is 0 Å². The number of phenols is 1. The molecular formula is C25H28ClN3O3. The van der Waals surface area contributed by atoms with Crippen molar-refractivity contribution in [3.05, 3.63) is 65.0 Å². The molecule has 0 unspecified atom stereocenters. The van der Waals surface area contributed by atoms with Crippen LogP contribution in [0, 0.1) is 0 Å². The molecule has 32 heavy (non-hydrogen) atoms. The first-order chi connectivity index (χ1) is 15.0. The van der Waals surface area contributed by atoms with Crippen LogP contribution in [0.5, 0.6) is 11.5 Å². The van der Waals surface area contributed by atoms with E-state index in [0.29, 0.717) is 29.2 Å². The summed E-state index contributed by atoms with van der Waals surface area (Å²) in [5, 5.41) is 11.6. The number of ketones is 1. The number of piperazine rings is 1. The minimum absolute atomic E-state index is 0. The molecule has 2 aliphatic heterocycles. The van der Waals surface area contributed by atoms with Crippen molar-refractivity contribution in [3.8, 4) is 11.5 Å². The van der Waals surface area contributed by atoms with Gasteiger partial charge >= 0.3 is 0 Å². The lowest BCUT2D eigenvalue weighted by atomic mass is 10.0. The maximum absolute atomic E-state index is 13.1. The van der Waals surface area contributed by atoms with E-state index in [-0.39, 0.29) is 23.9 Å². The highest BCUT2D eigenvalue weighted by molar-refractivity contribution is 6.15. The molecule has 6 nitrogen and oxygen atoms in total. The normalized spacial score (nSPS) is 18.1. The molecule has 168 valence electrons. The molecular weight excluding hydrogens is 426 g/mol. The molecule has 3 heterocycles. The van der Waals surface area contributed by atoms with Crippen LogP contribution >= 0.6 is 12.4 Å². The number of nitrogens with zero attached hydrogens (tertiary/aromatic N) is 3. The van der Waals surface area contributed by atoms with Crippen LogP contribution in [0.3, 0.4) is 0 Å². The second-order valence-corrected chi connectivity index (χ2v) is 8.35. The SMILES string of the molecule is CCn1cc(C=C2Oc3c(ccc(O)c3CN3CCN(C)CC3)C2=O)c2ccccc21.Cl. The predicted octanol–water partition coefficient (Wildman–Crippen LogP) is 4.15. The molecule has 5 rings (SSSR count). The Labute approximate surface area is 194 Å². The predicted molar refractivity (Wildman–Crippen MR) is 129 cm³/mol. The van der Waals surface area contributed by atoms with Crippen molar-refractivity contribution in [1.29, 1.82) is 0 Å². The Balaban J connectivity index is 0.00000245. The second-order valence-electron chi connectivity index (χ2n) is 8.35. The number of carbonyl (C=O) groups is 1. The van der Waals surface area contributed by atoms with Crippen LogP contribution in [0.4, 0.5) is 0 Å². The van der Waals surface area contributed by atoms with Crippen LogP contribution < -0.4 is 4.74 Å². The lowest BCUT2D eigenvalue weighted by Gasteiger charge is -2.32. The first-order valence-electron chi connectivity index (χ1n) is 10.8. The highest BCUT2D eigenvalue weighted by Gasteiger charge is 2.32. The molecule has 0 atom stereocenters. The third-order valence-electron chi connectivity index (χ3n) is 6.34. The zero-order chi connectivity index (χ0) is 21.5. The summed E-state index contributed by atoms with van der Waals surface area (Å²) in [6.45, 7) is 7.34. The van der Waals surface area contributed by atoms with Crippen molar-refractivity contribution in [2.24, 2.45) is 0 Å². The number of aryl methyl sites for hydroxylation is 1. The van der Waals surface area contributed by atoms with E-state index in [1.807, 2.05) is 18.2 Å². The van der Waals surface area contributed by atoms with E-state index in [4.69, 9.17) is 4.74 Å². The number of para-hydroxylation sites is 1. The van der Waals surface area contributed by atoms with E-state index in [2.05, 4.69) is 46.7 Å². The van der Waals surface area contributed by atoms with E-state index in [0.717, 1.165) is 49.2 Å². The van der Waals surface area contributed by atoms with Gasteiger partial charge in [-0.1, -0.05) is 18.2 Å². The van der Waals surface area contributed by atoms with Crippen molar-refractivity contribution in [2.45, 2.75) is 20.0 Å². The molecule has 1 saturated heterocycles. The molecule has 0 saturated carbocycles. The maximum Gasteiger partial charge on any atom is 0.231 e. The minimum Gasteiger partial charge on any atom is -0.507 e. The molecule has 7 heteroatoms. The fourth-order valence-corrected chi connectivity index (χ4v) is 4.47. The number of halogens is 1. The summed E-state index contributed by atoms with van der Waals surface area (Å²) in [4.78, 5) is 17.7. The standard InChI is InChI=1S/C25H27N3O3.ClH/c1-3-28-15-17(18-6-4-5-7-21(18)28)14-23-24(30)19-8-9-22(29)20(25(19)31-23)16-27-12-10-26(2)11-13-27;/h4-9,14-15,29H,3,10-13,16H2,1-2H3;1H. The number of hydrogen-bond donors (Lipinski definition) is 1. The van der Waals surface area contributed by atoms with Crippen LogP contribution in [0.1, 0.15) is 28.4 Å². The van der Waals surface area contributed by atoms with E-state index in [1.165, 1.54) is 0 Å². The Morgan fingerprint density at radius 1 is 1.09 bits per heavy atom. The maximum atomic E-state index is 13.1. The molecule has 3 aromatic rings. The third-order valence-corrected chi connectivity index (χ3v) is 6.34. The summed E-state index contributed by atoms with van der Waals surface area (Å²) in [6, 6.07) is 11.4. The molecule has 0 radical (unpaired) electrons. The number of likely N-dealkylation sites (N-methyl/N-ethyl adjacent to an activating group) is 1. The molecule has 0 aliphatic carbocycles. The summed E-state index contributed by atoms with van der Waals surface area (Å²) < 4.78 is 8.26. The molecule has 2 aliphatic rings. The Hall–Kier alpha value is -2.80. The van der Waals surface area contributed by atoms with E-state index in [1.54, 1.807) is 12.1 Å². The zero-order valence-electron chi connectivity index (χ0n) is 18.4. The van der Waals surface area contributed by atoms with Gasteiger partial charge in [-0.3, -0.25) is 9.69 Å². The summed E-state index contributed by atoms with van der Waals surface area (Å²) in [5.41, 5.74) is 3.30. The average Bonchev–Trinajstić information content (AvgIpc) is 3.30. The summed E-state index contributed by atoms with van der Waals surface area (Å²) in [5.74, 6) is 0.839. The number of ether oxygens (including phenoxy) is 1. The smallest absolute Gasteiger partial charge is 0.231 e. The highest BCUT2D eigenvalue weighted by Crippen LogP contribution is 2.40. The zero-order valence-corrected chi connectivity index (χ0v) is 19.2. The van der Waals surface area contributed by atoms with Crippen LogP contribution in [0.2, 0.25) is 0 Å². The number of aromatic nitrogens is 1. The second kappa shape index (κ2) is 8.98. The topological polar surface area (TPSA) is 57.9 Å². The monoisotopic (exact) mass is 453 g/mol. The van der Waals surface area contributed by atoms with Gasteiger partial charge in [-0.25, -0.2) is 0 Å². The molecule has 1 aromatic heterocycles. The molecule has 1 N–H and O–H groups in total. The van der Waals surface area contributed by atoms with Gasteiger partial charge in [0.05, 0.1) is 11.1 Å². The van der Waals surface area contributed by atoms with Crippen molar-refractivity contribution >= 4 is 35.2 Å². The van der Waals surface area contributed by atoms with Crippen molar-refractivity contribution in [2.75, 3.05) is 33.2 Å². The number of aromatic hydroxyl groups is 1. The fourth-order valence-electron chi connectivity index (χ4n) is 4.47. The van der Waals surface area contributed by atoms with Crippen LogP contribution in [-0.4, -0.2) is 58.5 Å². The third kappa shape index (κ3) is 3.90. The number of Topliss-reactive ketones (excluding diaryl/α,β-unsaturated/α-hetero) is 1. The number of benzene rings is 2. The number of rotatable bonds is 4. The van der Waals surface area contributed by atoms with Gasteiger partial charge < -0.3 is 19.3 Å². The lowest BCUT2D eigenvalue weighted by Crippen LogP contribution is -2.43. The summed E-state index contributed by atoms with van der Waals surface area (Å²) in [6.07, 6.45) is 3.88. The van der Waals surface area contributed by atoms with E-state index in [9.17, 15) is 9.90 Å². The quantitative estimate of drug-likeness (QED) is 0.601. The van der Waals surface area contributed by atoms with Gasteiger partial charge in [-0.05, 0) is 38.2 Å². The Morgan fingerprint density at radius 3 is 2.59 bits per heavy atom. The van der Waals surface area contributed by atoms with Gasteiger partial charge in [0.25, 0.3) is 0 Å². The number of phenolic OH excluding ortho intramolecular Hbond substituents is 1. The van der Waals surface area contributed by atoms with Gasteiger partial charge in [-0.2, -0.15) is 0 Å². The number of carbonyl (C=O) groups excluding carboxylic acids is 1. The Bertz CT molecular complexity index is 1190. The minimum atomic E-state index is -0.136. The van der Waals surface area contributed by atoms with Gasteiger partial charge in [-0.15, -0.1) is 12.4 Å². The fraction of sp³-hybridized carbons (Fsp3) is 0.320. The molecule has 0 amide bonds. The molecule has 0 spiro atoms. The largest absolute Gasteiger partial charge is 0.507 e. The van der Waals surface area contributed by atoms with Crippen LogP contribution in [0.15, 0.2) is 48.4 Å². The number of allylic oxidation sites excluding steroid dienone is 1. The summed E-state index contributed by atoms with van der Waals surface area (Å²) >= 11 is 0. The van der Waals surface area contributed by atoms with Crippen molar-refractivity contribution in [1.82, 2.24) is 14.4 Å². The van der Waals surface area contributed by atoms with E-state index >= 15 is 0 Å². The average molecular weight is 454 g/mol. The lowest BCUT2D eigenvalue weighted by molar-refractivity contribution is 0.101. The summed E-state index contributed by atoms with van der Waals surface area (Å²) in [7, 11) is 2.11. The molecule has 1 fully saturated rings. The first kappa shape index (κ1) is 22.4. The highest BCUT2D eigenvalue weighted by atomic mass is 35.5. The first-order valence-corrected chi connectivity index (χ1v) is 10.8. The molecule has 0 bridgehead atoms. The van der Waals surface area contributed by atoms with E-state index < -0.39 is 0 Å². The van der Waals surface area contributed by atoms with Crippen LogP contribution in [-0.2, 0) is 13.1 Å². The molecule has 2 aromatic carbocycles. The Kier molecular flexibility index (Phi) is 6.29. The van der Waals surface area contributed by atoms with Gasteiger partial charge in [0.15, 0.2) is 5.76 Å². The van der Waals surface area contributed by atoms with Crippen molar-refractivity contribution < 1.29 is 14.6 Å². The number of hydrogen-bond acceptors (Lipinski definition) is 5. The van der Waals surface area contributed by atoms with Gasteiger partial charge in [0.2, 0.25) is 5.78 Å². The Morgan fingerprint density at radius 2 is 1.84 bits per heavy atom. The number of fused-ring (bicyclic) bond motifs is 2.